The SMILES string of the molecule is Cc1ncc(CN2CCO[C@@H](c3cccc(-c4cncnc4)n3)C2)s1. The van der Waals surface area contributed by atoms with Crippen molar-refractivity contribution in [2.75, 3.05) is 19.7 Å². The second-order valence-corrected chi connectivity index (χ2v) is 7.33. The summed E-state index contributed by atoms with van der Waals surface area (Å²) in [6, 6.07) is 6.01. The van der Waals surface area contributed by atoms with E-state index in [1.165, 1.54) is 11.2 Å². The van der Waals surface area contributed by atoms with Crippen LogP contribution in [-0.2, 0) is 11.3 Å². The summed E-state index contributed by atoms with van der Waals surface area (Å²) < 4.78 is 5.98. The summed E-state index contributed by atoms with van der Waals surface area (Å²) in [5.41, 5.74) is 2.74. The molecule has 25 heavy (non-hydrogen) atoms. The van der Waals surface area contributed by atoms with Gasteiger partial charge in [-0.25, -0.2) is 19.9 Å². The summed E-state index contributed by atoms with van der Waals surface area (Å²) in [7, 11) is 0. The number of aromatic nitrogens is 4. The first-order valence-electron chi connectivity index (χ1n) is 8.25. The van der Waals surface area contributed by atoms with Gasteiger partial charge in [-0.05, 0) is 19.1 Å². The minimum Gasteiger partial charge on any atom is -0.369 e. The normalized spacial score (nSPS) is 18.4. The van der Waals surface area contributed by atoms with E-state index in [0.717, 1.165) is 41.6 Å². The molecule has 0 aliphatic carbocycles. The number of hydrogen-bond donors (Lipinski definition) is 0. The van der Waals surface area contributed by atoms with Crippen LogP contribution in [0.5, 0.6) is 0 Å². The van der Waals surface area contributed by atoms with Crippen LogP contribution in [-0.4, -0.2) is 44.5 Å². The van der Waals surface area contributed by atoms with Gasteiger partial charge < -0.3 is 4.74 Å². The van der Waals surface area contributed by atoms with E-state index in [9.17, 15) is 0 Å². The lowest BCUT2D eigenvalue weighted by Gasteiger charge is -2.32. The topological polar surface area (TPSA) is 64.0 Å². The van der Waals surface area contributed by atoms with Gasteiger partial charge in [-0.3, -0.25) is 4.90 Å². The first kappa shape index (κ1) is 16.3. The van der Waals surface area contributed by atoms with E-state index in [2.05, 4.69) is 19.9 Å². The quantitative estimate of drug-likeness (QED) is 0.719. The molecule has 1 aliphatic heterocycles. The summed E-state index contributed by atoms with van der Waals surface area (Å²) in [5.74, 6) is 0. The van der Waals surface area contributed by atoms with Gasteiger partial charge in [0.25, 0.3) is 0 Å². The smallest absolute Gasteiger partial charge is 0.115 e. The molecule has 0 aromatic carbocycles. The summed E-state index contributed by atoms with van der Waals surface area (Å²) in [5, 5.41) is 1.11. The lowest BCUT2D eigenvalue weighted by molar-refractivity contribution is -0.0346. The second kappa shape index (κ2) is 7.35. The molecule has 1 atom stereocenters. The third kappa shape index (κ3) is 3.89. The first-order chi connectivity index (χ1) is 12.3. The molecule has 6 nitrogen and oxygen atoms in total. The number of hydrogen-bond acceptors (Lipinski definition) is 7. The van der Waals surface area contributed by atoms with Crippen molar-refractivity contribution < 1.29 is 4.74 Å². The number of thiazole rings is 1. The molecule has 128 valence electrons. The van der Waals surface area contributed by atoms with Crippen molar-refractivity contribution in [3.05, 3.63) is 58.7 Å². The fourth-order valence-electron chi connectivity index (χ4n) is 2.95. The Morgan fingerprint density at radius 3 is 2.92 bits per heavy atom. The van der Waals surface area contributed by atoms with Crippen LogP contribution in [0.15, 0.2) is 43.1 Å². The highest BCUT2D eigenvalue weighted by molar-refractivity contribution is 7.11. The van der Waals surface area contributed by atoms with E-state index in [-0.39, 0.29) is 6.10 Å². The third-order valence-electron chi connectivity index (χ3n) is 4.16. The maximum atomic E-state index is 5.98. The third-order valence-corrected chi connectivity index (χ3v) is 5.05. The molecule has 0 bridgehead atoms. The number of rotatable bonds is 4. The molecule has 0 radical (unpaired) electrons. The van der Waals surface area contributed by atoms with Gasteiger partial charge in [0, 0.05) is 48.7 Å². The molecule has 4 heterocycles. The van der Waals surface area contributed by atoms with E-state index in [0.29, 0.717) is 6.61 Å². The van der Waals surface area contributed by atoms with Crippen LogP contribution in [0.4, 0.5) is 0 Å². The Morgan fingerprint density at radius 1 is 1.24 bits per heavy atom. The lowest BCUT2D eigenvalue weighted by Crippen LogP contribution is -2.37. The van der Waals surface area contributed by atoms with Gasteiger partial charge in [-0.2, -0.15) is 0 Å². The van der Waals surface area contributed by atoms with Crippen molar-refractivity contribution in [1.82, 2.24) is 24.8 Å². The van der Waals surface area contributed by atoms with Crippen LogP contribution >= 0.6 is 11.3 Å². The Balaban J connectivity index is 1.49. The van der Waals surface area contributed by atoms with Gasteiger partial charge in [-0.1, -0.05) is 6.07 Å². The highest BCUT2D eigenvalue weighted by Crippen LogP contribution is 2.25. The molecular weight excluding hydrogens is 334 g/mol. The van der Waals surface area contributed by atoms with Crippen molar-refractivity contribution in [3.63, 3.8) is 0 Å². The molecule has 0 amide bonds. The van der Waals surface area contributed by atoms with Gasteiger partial charge in [0.2, 0.25) is 0 Å². The molecule has 4 rings (SSSR count). The molecular formula is C18H19N5OS. The predicted octanol–water partition coefficient (Wildman–Crippen LogP) is 2.88. The summed E-state index contributed by atoms with van der Waals surface area (Å²) in [4.78, 5) is 20.9. The van der Waals surface area contributed by atoms with Gasteiger partial charge in [-0.15, -0.1) is 11.3 Å². The van der Waals surface area contributed by atoms with Gasteiger partial charge in [0.1, 0.15) is 12.4 Å². The molecule has 1 fully saturated rings. The zero-order valence-corrected chi connectivity index (χ0v) is 14.8. The van der Waals surface area contributed by atoms with E-state index >= 15 is 0 Å². The molecule has 0 saturated carbocycles. The zero-order valence-electron chi connectivity index (χ0n) is 14.0. The Kier molecular flexibility index (Phi) is 4.78. The van der Waals surface area contributed by atoms with Crippen molar-refractivity contribution >= 4 is 11.3 Å². The average molecular weight is 353 g/mol. The van der Waals surface area contributed by atoms with Gasteiger partial charge in [0.05, 0.1) is 23.0 Å². The van der Waals surface area contributed by atoms with E-state index in [1.807, 2.05) is 31.3 Å². The molecule has 1 aliphatic rings. The van der Waals surface area contributed by atoms with Gasteiger partial charge in [0.15, 0.2) is 0 Å². The van der Waals surface area contributed by atoms with Crippen LogP contribution in [0.3, 0.4) is 0 Å². The fourth-order valence-corrected chi connectivity index (χ4v) is 3.78. The van der Waals surface area contributed by atoms with Crippen molar-refractivity contribution in [1.29, 1.82) is 0 Å². The number of ether oxygens (including phenoxy) is 1. The van der Waals surface area contributed by atoms with Gasteiger partial charge >= 0.3 is 0 Å². The van der Waals surface area contributed by atoms with E-state index in [1.54, 1.807) is 23.7 Å². The molecule has 0 spiro atoms. The molecule has 7 heteroatoms. The lowest BCUT2D eigenvalue weighted by atomic mass is 10.1. The fraction of sp³-hybridized carbons (Fsp3) is 0.333. The monoisotopic (exact) mass is 353 g/mol. The average Bonchev–Trinajstić information content (AvgIpc) is 3.07. The van der Waals surface area contributed by atoms with E-state index < -0.39 is 0 Å². The highest BCUT2D eigenvalue weighted by Gasteiger charge is 2.23. The van der Waals surface area contributed by atoms with Crippen LogP contribution in [0.1, 0.15) is 21.7 Å². The molecule has 0 N–H and O–H groups in total. The number of nitrogens with zero attached hydrogens (tertiary/aromatic N) is 5. The Hall–Kier alpha value is -2.22. The molecule has 3 aromatic heterocycles. The zero-order chi connectivity index (χ0) is 17.1. The first-order valence-corrected chi connectivity index (χ1v) is 9.07. The number of morpholine rings is 1. The van der Waals surface area contributed by atoms with Crippen molar-refractivity contribution in [2.24, 2.45) is 0 Å². The Bertz CT molecular complexity index is 838. The number of pyridine rings is 1. The molecule has 1 saturated heterocycles. The maximum absolute atomic E-state index is 5.98. The number of aryl methyl sites for hydroxylation is 1. The molecule has 0 unspecified atom stereocenters. The van der Waals surface area contributed by atoms with Crippen LogP contribution < -0.4 is 0 Å². The van der Waals surface area contributed by atoms with Crippen molar-refractivity contribution in [3.8, 4) is 11.3 Å². The second-order valence-electron chi connectivity index (χ2n) is 6.01. The summed E-state index contributed by atoms with van der Waals surface area (Å²) in [6.07, 6.45) is 7.03. The van der Waals surface area contributed by atoms with E-state index in [4.69, 9.17) is 9.72 Å². The maximum Gasteiger partial charge on any atom is 0.115 e. The minimum atomic E-state index is -0.0210. The molecule has 3 aromatic rings. The summed E-state index contributed by atoms with van der Waals surface area (Å²) in [6.45, 7) is 5.43. The Morgan fingerprint density at radius 2 is 2.12 bits per heavy atom. The van der Waals surface area contributed by atoms with Crippen LogP contribution in [0.25, 0.3) is 11.3 Å². The van der Waals surface area contributed by atoms with Crippen LogP contribution in [0.2, 0.25) is 0 Å². The Labute approximate surface area is 150 Å². The standard InChI is InChI=1S/C18H19N5OS/c1-13-21-9-15(25-13)10-23-5-6-24-18(11-23)17-4-2-3-16(22-17)14-7-19-12-20-8-14/h2-4,7-9,12,18H,5-6,10-11H2,1H3/t18-/m1/s1. The van der Waals surface area contributed by atoms with Crippen LogP contribution in [0, 0.1) is 6.92 Å². The minimum absolute atomic E-state index is 0.0210. The largest absolute Gasteiger partial charge is 0.369 e. The highest BCUT2D eigenvalue weighted by atomic mass is 32.1. The summed E-state index contributed by atoms with van der Waals surface area (Å²) >= 11 is 1.76. The van der Waals surface area contributed by atoms with Crippen molar-refractivity contribution in [2.45, 2.75) is 19.6 Å². The predicted molar refractivity (Wildman–Crippen MR) is 96.1 cm³/mol.